The molecule has 2 aromatic rings. The van der Waals surface area contributed by atoms with E-state index in [-0.39, 0.29) is 0 Å². The van der Waals surface area contributed by atoms with Crippen molar-refractivity contribution >= 4 is 11.8 Å². The lowest BCUT2D eigenvalue weighted by Crippen LogP contribution is -2.03. The number of nitrogens with zero attached hydrogens (tertiary/aromatic N) is 4. The van der Waals surface area contributed by atoms with Crippen molar-refractivity contribution in [2.75, 3.05) is 14.2 Å². The second kappa shape index (κ2) is 5.92. The smallest absolute Gasteiger partial charge is 0.214 e. The third-order valence-electron chi connectivity index (χ3n) is 2.40. The molecule has 0 saturated heterocycles. The number of hydrogen-bond acceptors (Lipinski definition) is 6. The summed E-state index contributed by atoms with van der Waals surface area (Å²) in [6.45, 7) is 4.18. The predicted molar refractivity (Wildman–Crippen MR) is 73.3 cm³/mol. The summed E-state index contributed by atoms with van der Waals surface area (Å²) < 4.78 is 12.2. The van der Waals surface area contributed by atoms with Crippen molar-refractivity contribution in [2.24, 2.45) is 0 Å². The highest BCUT2D eigenvalue weighted by atomic mass is 32.2. The highest BCUT2D eigenvalue weighted by Crippen LogP contribution is 2.30. The number of aromatic nitrogens is 4. The van der Waals surface area contributed by atoms with E-state index in [4.69, 9.17) is 9.47 Å². The lowest BCUT2D eigenvalue weighted by Gasteiger charge is -2.11. The van der Waals surface area contributed by atoms with E-state index in [2.05, 4.69) is 29.4 Å². The van der Waals surface area contributed by atoms with E-state index in [0.717, 1.165) is 16.6 Å². The number of thioether (sulfide) groups is 1. The molecule has 0 radical (unpaired) electrons. The fourth-order valence-electron chi connectivity index (χ4n) is 1.58. The van der Waals surface area contributed by atoms with E-state index < -0.39 is 0 Å². The number of methoxy groups -OCH3 is 2. The number of benzene rings is 1. The molecule has 0 unspecified atom stereocenters. The topological polar surface area (TPSA) is 62.1 Å². The molecule has 0 amide bonds. The standard InChI is InChI=1S/C12H16N4O2S/c1-8(2)19-12-13-14-15-16(12)10-7-9(17-3)5-6-11(10)18-4/h5-8H,1-4H3. The second-order valence-corrected chi connectivity index (χ2v) is 5.62. The van der Waals surface area contributed by atoms with Crippen LogP contribution in [0.3, 0.4) is 0 Å². The Morgan fingerprint density at radius 3 is 2.63 bits per heavy atom. The highest BCUT2D eigenvalue weighted by molar-refractivity contribution is 7.99. The van der Waals surface area contributed by atoms with Crippen molar-refractivity contribution in [1.82, 2.24) is 20.2 Å². The van der Waals surface area contributed by atoms with Crippen LogP contribution in [0.1, 0.15) is 13.8 Å². The van der Waals surface area contributed by atoms with Crippen molar-refractivity contribution < 1.29 is 9.47 Å². The van der Waals surface area contributed by atoms with Crippen molar-refractivity contribution in [2.45, 2.75) is 24.3 Å². The first-order chi connectivity index (χ1) is 9.15. The van der Waals surface area contributed by atoms with Crippen molar-refractivity contribution in [3.05, 3.63) is 18.2 Å². The minimum absolute atomic E-state index is 0.390. The second-order valence-electron chi connectivity index (χ2n) is 4.08. The molecule has 2 rings (SSSR count). The van der Waals surface area contributed by atoms with E-state index in [1.54, 1.807) is 30.7 Å². The number of ether oxygens (including phenoxy) is 2. The Labute approximate surface area is 116 Å². The number of rotatable bonds is 5. The van der Waals surface area contributed by atoms with Gasteiger partial charge < -0.3 is 9.47 Å². The van der Waals surface area contributed by atoms with Gasteiger partial charge in [-0.25, -0.2) is 0 Å². The summed E-state index contributed by atoms with van der Waals surface area (Å²) in [5, 5.41) is 12.9. The van der Waals surface area contributed by atoms with Gasteiger partial charge in [0.2, 0.25) is 5.16 Å². The largest absolute Gasteiger partial charge is 0.497 e. The normalized spacial score (nSPS) is 10.8. The summed E-state index contributed by atoms with van der Waals surface area (Å²) in [6.07, 6.45) is 0. The lowest BCUT2D eigenvalue weighted by molar-refractivity contribution is 0.399. The Hall–Kier alpha value is -1.76. The van der Waals surface area contributed by atoms with Crippen molar-refractivity contribution in [3.8, 4) is 17.2 Å². The average Bonchev–Trinajstić information content (AvgIpc) is 2.85. The Bertz CT molecular complexity index is 556. The summed E-state index contributed by atoms with van der Waals surface area (Å²) in [4.78, 5) is 0. The molecule has 0 aliphatic rings. The molecule has 0 bridgehead atoms. The Morgan fingerprint density at radius 1 is 1.21 bits per heavy atom. The van der Waals surface area contributed by atoms with Gasteiger partial charge in [-0.1, -0.05) is 25.6 Å². The zero-order valence-electron chi connectivity index (χ0n) is 11.3. The molecule has 0 aliphatic heterocycles. The predicted octanol–water partition coefficient (Wildman–Crippen LogP) is 2.18. The van der Waals surface area contributed by atoms with E-state index in [1.807, 2.05) is 18.2 Å². The van der Waals surface area contributed by atoms with Gasteiger partial charge in [-0.15, -0.1) is 5.10 Å². The van der Waals surface area contributed by atoms with Gasteiger partial charge in [-0.3, -0.25) is 0 Å². The molecule has 1 heterocycles. The third-order valence-corrected chi connectivity index (χ3v) is 3.33. The Balaban J connectivity index is 2.48. The maximum Gasteiger partial charge on any atom is 0.214 e. The SMILES string of the molecule is COc1ccc(OC)c(-n2nnnc2SC(C)C)c1. The van der Waals surface area contributed by atoms with Crippen LogP contribution in [0, 0.1) is 0 Å². The highest BCUT2D eigenvalue weighted by Gasteiger charge is 2.15. The maximum atomic E-state index is 5.35. The molecule has 102 valence electrons. The van der Waals surface area contributed by atoms with Crippen LogP contribution in [0.2, 0.25) is 0 Å². The minimum atomic E-state index is 0.390. The lowest BCUT2D eigenvalue weighted by atomic mass is 10.3. The van der Waals surface area contributed by atoms with Gasteiger partial charge in [0.1, 0.15) is 17.2 Å². The van der Waals surface area contributed by atoms with Gasteiger partial charge in [-0.05, 0) is 22.6 Å². The summed E-state index contributed by atoms with van der Waals surface area (Å²) >= 11 is 1.59. The average molecular weight is 280 g/mol. The molecule has 0 fully saturated rings. The van der Waals surface area contributed by atoms with E-state index in [9.17, 15) is 0 Å². The Morgan fingerprint density at radius 2 is 2.00 bits per heavy atom. The third kappa shape index (κ3) is 2.98. The van der Waals surface area contributed by atoms with Gasteiger partial charge in [0.25, 0.3) is 0 Å². The van der Waals surface area contributed by atoms with Gasteiger partial charge in [0.15, 0.2) is 0 Å². The Kier molecular flexibility index (Phi) is 4.26. The molecule has 0 spiro atoms. The summed E-state index contributed by atoms with van der Waals surface area (Å²) in [5.41, 5.74) is 0.759. The van der Waals surface area contributed by atoms with Gasteiger partial charge in [0, 0.05) is 11.3 Å². The molecular formula is C12H16N4O2S. The van der Waals surface area contributed by atoms with Gasteiger partial charge in [-0.2, -0.15) is 4.68 Å². The summed E-state index contributed by atoms with van der Waals surface area (Å²) in [5.74, 6) is 1.42. The van der Waals surface area contributed by atoms with Gasteiger partial charge >= 0.3 is 0 Å². The van der Waals surface area contributed by atoms with Crippen LogP contribution in [0.15, 0.2) is 23.4 Å². The van der Waals surface area contributed by atoms with E-state index in [0.29, 0.717) is 11.0 Å². The van der Waals surface area contributed by atoms with Crippen molar-refractivity contribution in [3.63, 3.8) is 0 Å². The molecule has 1 aromatic carbocycles. The van der Waals surface area contributed by atoms with E-state index >= 15 is 0 Å². The van der Waals surface area contributed by atoms with Gasteiger partial charge in [0.05, 0.1) is 14.2 Å². The molecule has 0 N–H and O–H groups in total. The van der Waals surface area contributed by atoms with Crippen molar-refractivity contribution in [1.29, 1.82) is 0 Å². The van der Waals surface area contributed by atoms with Crippen LogP contribution in [0.25, 0.3) is 5.69 Å². The molecule has 19 heavy (non-hydrogen) atoms. The molecule has 0 atom stereocenters. The fraction of sp³-hybridized carbons (Fsp3) is 0.417. The first-order valence-electron chi connectivity index (χ1n) is 5.83. The number of tetrazole rings is 1. The van der Waals surface area contributed by atoms with Crippen LogP contribution in [0.5, 0.6) is 11.5 Å². The summed E-state index contributed by atoms with van der Waals surface area (Å²) in [6, 6.07) is 5.52. The molecule has 0 saturated carbocycles. The van der Waals surface area contributed by atoms with Crippen LogP contribution >= 0.6 is 11.8 Å². The fourth-order valence-corrected chi connectivity index (χ4v) is 2.32. The first kappa shape index (κ1) is 13.7. The quantitative estimate of drug-likeness (QED) is 0.782. The number of hydrogen-bond donors (Lipinski definition) is 0. The first-order valence-corrected chi connectivity index (χ1v) is 6.71. The molecule has 1 aromatic heterocycles. The zero-order chi connectivity index (χ0) is 13.8. The monoisotopic (exact) mass is 280 g/mol. The van der Waals surface area contributed by atoms with Crippen LogP contribution in [-0.4, -0.2) is 39.7 Å². The zero-order valence-corrected chi connectivity index (χ0v) is 12.1. The molecule has 0 aliphatic carbocycles. The van der Waals surface area contributed by atoms with Crippen LogP contribution in [0.4, 0.5) is 0 Å². The maximum absolute atomic E-state index is 5.35. The van der Waals surface area contributed by atoms with E-state index in [1.165, 1.54) is 0 Å². The van der Waals surface area contributed by atoms with Crippen LogP contribution in [-0.2, 0) is 0 Å². The minimum Gasteiger partial charge on any atom is -0.497 e. The summed E-state index contributed by atoms with van der Waals surface area (Å²) in [7, 11) is 3.24. The van der Waals surface area contributed by atoms with Crippen LogP contribution < -0.4 is 9.47 Å². The molecular weight excluding hydrogens is 264 g/mol. The molecule has 7 heteroatoms. The molecule has 6 nitrogen and oxygen atoms in total.